The van der Waals surface area contributed by atoms with Gasteiger partial charge in [-0.05, 0) is 38.8 Å². The fourth-order valence-corrected chi connectivity index (χ4v) is 2.71. The van der Waals surface area contributed by atoms with Crippen LogP contribution in [0.15, 0.2) is 18.2 Å². The van der Waals surface area contributed by atoms with Crippen LogP contribution >= 0.6 is 12.4 Å². The molecule has 0 radical (unpaired) electrons. The average molecular weight is 313 g/mol. The van der Waals surface area contributed by atoms with Gasteiger partial charge < -0.3 is 15.0 Å². The molecule has 1 amide bonds. The van der Waals surface area contributed by atoms with Gasteiger partial charge in [-0.15, -0.1) is 12.4 Å². The lowest BCUT2D eigenvalue weighted by atomic mass is 10.1. The molecule has 2 rings (SSSR count). The van der Waals surface area contributed by atoms with E-state index in [0.717, 1.165) is 18.7 Å². The molecule has 0 aliphatic carbocycles. The Morgan fingerprint density at radius 3 is 2.48 bits per heavy atom. The molecular formula is C16H25ClN2O2. The van der Waals surface area contributed by atoms with E-state index in [1.54, 1.807) is 0 Å². The molecule has 1 aliphatic heterocycles. The number of hydrogen-bond acceptors (Lipinski definition) is 3. The number of carbonyl (C=O) groups is 1. The van der Waals surface area contributed by atoms with Gasteiger partial charge in [-0.3, -0.25) is 0 Å². The van der Waals surface area contributed by atoms with E-state index in [4.69, 9.17) is 4.74 Å². The summed E-state index contributed by atoms with van der Waals surface area (Å²) < 4.78 is 5.49. The van der Waals surface area contributed by atoms with E-state index in [9.17, 15) is 4.79 Å². The van der Waals surface area contributed by atoms with Gasteiger partial charge >= 0.3 is 6.09 Å². The zero-order valence-electron chi connectivity index (χ0n) is 13.2. The Labute approximate surface area is 133 Å². The zero-order chi connectivity index (χ0) is 14.7. The molecule has 1 aromatic rings. The lowest BCUT2D eigenvalue weighted by Crippen LogP contribution is -2.57. The number of amides is 1. The summed E-state index contributed by atoms with van der Waals surface area (Å²) in [6.45, 7) is 10.2. The third-order valence-electron chi connectivity index (χ3n) is 3.89. The van der Waals surface area contributed by atoms with Crippen LogP contribution in [-0.2, 0) is 11.3 Å². The van der Waals surface area contributed by atoms with Crippen molar-refractivity contribution in [2.45, 2.75) is 46.4 Å². The van der Waals surface area contributed by atoms with Crippen LogP contribution in [0.4, 0.5) is 4.79 Å². The van der Waals surface area contributed by atoms with Gasteiger partial charge in [-0.25, -0.2) is 4.79 Å². The van der Waals surface area contributed by atoms with E-state index >= 15 is 0 Å². The van der Waals surface area contributed by atoms with Crippen molar-refractivity contribution in [2.24, 2.45) is 0 Å². The Morgan fingerprint density at radius 2 is 1.90 bits per heavy atom. The Hall–Kier alpha value is -1.26. The van der Waals surface area contributed by atoms with Gasteiger partial charge in [0.25, 0.3) is 0 Å². The zero-order valence-corrected chi connectivity index (χ0v) is 14.0. The number of piperazine rings is 1. The van der Waals surface area contributed by atoms with Gasteiger partial charge in [0.15, 0.2) is 0 Å². The first-order chi connectivity index (χ1) is 9.49. The summed E-state index contributed by atoms with van der Waals surface area (Å²) in [4.78, 5) is 14.1. The number of nitrogens with zero attached hydrogens (tertiary/aromatic N) is 1. The van der Waals surface area contributed by atoms with Crippen LogP contribution in [0.3, 0.4) is 0 Å². The minimum absolute atomic E-state index is 0. The molecule has 21 heavy (non-hydrogen) atoms. The molecule has 118 valence electrons. The summed E-state index contributed by atoms with van der Waals surface area (Å²) in [6, 6.07) is 6.53. The highest BCUT2D eigenvalue weighted by molar-refractivity contribution is 5.85. The number of ether oxygens (including phenoxy) is 1. The van der Waals surface area contributed by atoms with Gasteiger partial charge in [0.2, 0.25) is 0 Å². The highest BCUT2D eigenvalue weighted by Crippen LogP contribution is 2.15. The third-order valence-corrected chi connectivity index (χ3v) is 3.89. The molecule has 1 aromatic carbocycles. The highest BCUT2D eigenvalue weighted by Gasteiger charge is 2.29. The fraction of sp³-hybridized carbons (Fsp3) is 0.562. The van der Waals surface area contributed by atoms with Gasteiger partial charge in [0.1, 0.15) is 6.61 Å². The second kappa shape index (κ2) is 7.66. The van der Waals surface area contributed by atoms with E-state index < -0.39 is 0 Å². The van der Waals surface area contributed by atoms with Crippen LogP contribution < -0.4 is 5.32 Å². The van der Waals surface area contributed by atoms with Gasteiger partial charge in [-0.2, -0.15) is 0 Å². The molecule has 2 unspecified atom stereocenters. The maximum atomic E-state index is 12.2. The second-order valence-electron chi connectivity index (χ2n) is 5.75. The largest absolute Gasteiger partial charge is 0.445 e. The van der Waals surface area contributed by atoms with E-state index in [-0.39, 0.29) is 30.6 Å². The number of nitrogens with one attached hydrogen (secondary N) is 1. The molecule has 5 heteroatoms. The molecule has 1 fully saturated rings. The number of aryl methyl sites for hydroxylation is 2. The molecule has 0 saturated carbocycles. The highest BCUT2D eigenvalue weighted by atomic mass is 35.5. The monoisotopic (exact) mass is 312 g/mol. The van der Waals surface area contributed by atoms with Crippen molar-refractivity contribution in [3.8, 4) is 0 Å². The number of benzene rings is 1. The summed E-state index contributed by atoms with van der Waals surface area (Å²) in [5, 5.41) is 3.31. The maximum Gasteiger partial charge on any atom is 0.410 e. The maximum absolute atomic E-state index is 12.2. The molecule has 0 bridgehead atoms. The smallest absolute Gasteiger partial charge is 0.410 e. The molecule has 0 spiro atoms. The minimum atomic E-state index is -0.216. The molecule has 0 aromatic heterocycles. The van der Waals surface area contributed by atoms with E-state index in [1.165, 1.54) is 11.1 Å². The van der Waals surface area contributed by atoms with Gasteiger partial charge in [0, 0.05) is 25.2 Å². The Balaban J connectivity index is 0.00000220. The minimum Gasteiger partial charge on any atom is -0.445 e. The van der Waals surface area contributed by atoms with Crippen molar-refractivity contribution in [2.75, 3.05) is 13.1 Å². The molecule has 2 atom stereocenters. The van der Waals surface area contributed by atoms with Crippen LogP contribution in [0.1, 0.15) is 30.5 Å². The average Bonchev–Trinajstić information content (AvgIpc) is 2.37. The Kier molecular flexibility index (Phi) is 6.49. The van der Waals surface area contributed by atoms with Crippen molar-refractivity contribution in [3.63, 3.8) is 0 Å². The first-order valence-electron chi connectivity index (χ1n) is 7.21. The first kappa shape index (κ1) is 17.8. The lowest BCUT2D eigenvalue weighted by molar-refractivity contribution is 0.0563. The van der Waals surface area contributed by atoms with Crippen molar-refractivity contribution in [1.29, 1.82) is 0 Å². The van der Waals surface area contributed by atoms with Crippen molar-refractivity contribution in [1.82, 2.24) is 10.2 Å². The predicted octanol–water partition coefficient (Wildman–Crippen LogP) is 3.04. The summed E-state index contributed by atoms with van der Waals surface area (Å²) in [5.41, 5.74) is 3.46. The number of hydrogen-bond donors (Lipinski definition) is 1. The normalized spacial score (nSPS) is 21.6. The van der Waals surface area contributed by atoms with E-state index in [2.05, 4.69) is 18.3 Å². The summed E-state index contributed by atoms with van der Waals surface area (Å²) in [6.07, 6.45) is -0.216. The molecule has 4 nitrogen and oxygen atoms in total. The van der Waals surface area contributed by atoms with Gasteiger partial charge in [-0.1, -0.05) is 23.8 Å². The first-order valence-corrected chi connectivity index (χ1v) is 7.21. The number of carbonyl (C=O) groups excluding carboxylic acids is 1. The predicted molar refractivity (Wildman–Crippen MR) is 87.0 cm³/mol. The second-order valence-corrected chi connectivity index (χ2v) is 5.75. The molecule has 1 heterocycles. The van der Waals surface area contributed by atoms with E-state index in [1.807, 2.05) is 37.8 Å². The topological polar surface area (TPSA) is 41.6 Å². The number of rotatable bonds is 2. The molecule has 1 N–H and O–H groups in total. The Morgan fingerprint density at radius 1 is 1.29 bits per heavy atom. The quantitative estimate of drug-likeness (QED) is 0.912. The van der Waals surface area contributed by atoms with E-state index in [0.29, 0.717) is 6.61 Å². The fourth-order valence-electron chi connectivity index (χ4n) is 2.71. The summed E-state index contributed by atoms with van der Waals surface area (Å²) in [5.74, 6) is 0. The van der Waals surface area contributed by atoms with Crippen molar-refractivity contribution >= 4 is 18.5 Å². The Bertz CT molecular complexity index is 483. The van der Waals surface area contributed by atoms with Crippen LogP contribution in [0.5, 0.6) is 0 Å². The van der Waals surface area contributed by atoms with Crippen molar-refractivity contribution < 1.29 is 9.53 Å². The third kappa shape index (κ3) is 4.35. The number of halogens is 1. The summed E-state index contributed by atoms with van der Waals surface area (Å²) >= 11 is 0. The van der Waals surface area contributed by atoms with Gasteiger partial charge in [0.05, 0.1) is 0 Å². The molecule has 1 saturated heterocycles. The van der Waals surface area contributed by atoms with Crippen LogP contribution in [0.25, 0.3) is 0 Å². The van der Waals surface area contributed by atoms with Crippen LogP contribution in [0.2, 0.25) is 0 Å². The SMILES string of the molecule is Cc1ccc(COC(=O)N2C(C)CNCC2C)c(C)c1.Cl. The van der Waals surface area contributed by atoms with Crippen molar-refractivity contribution in [3.05, 3.63) is 34.9 Å². The molecular weight excluding hydrogens is 288 g/mol. The lowest BCUT2D eigenvalue weighted by Gasteiger charge is -2.38. The summed E-state index contributed by atoms with van der Waals surface area (Å²) in [7, 11) is 0. The van der Waals surface area contributed by atoms with Crippen LogP contribution in [0, 0.1) is 13.8 Å². The standard InChI is InChI=1S/C16H24N2O2.ClH/c1-11-5-6-15(12(2)7-11)10-20-16(19)18-13(3)8-17-9-14(18)4;/h5-7,13-14,17H,8-10H2,1-4H3;1H. The molecule has 1 aliphatic rings. The van der Waals surface area contributed by atoms with Crippen LogP contribution in [-0.4, -0.2) is 36.2 Å².